The highest BCUT2D eigenvalue weighted by molar-refractivity contribution is 7.90. The van der Waals surface area contributed by atoms with Crippen LogP contribution in [0.5, 0.6) is 0 Å². The maximum absolute atomic E-state index is 14.0. The van der Waals surface area contributed by atoms with Crippen LogP contribution in [0.3, 0.4) is 0 Å². The molecule has 10 nitrogen and oxygen atoms in total. The molecule has 0 radical (unpaired) electrons. The molecule has 212 valence electrons. The van der Waals surface area contributed by atoms with E-state index >= 15 is 0 Å². The minimum absolute atomic E-state index is 0.0702. The number of sulfonamides is 1. The molecule has 0 amide bonds. The second-order valence-corrected chi connectivity index (χ2v) is 12.0. The van der Waals surface area contributed by atoms with Crippen LogP contribution in [0.4, 0.5) is 26.3 Å². The van der Waals surface area contributed by atoms with Crippen molar-refractivity contribution in [1.82, 2.24) is 4.31 Å². The van der Waals surface area contributed by atoms with Crippen molar-refractivity contribution in [2.24, 2.45) is 11.3 Å². The van der Waals surface area contributed by atoms with E-state index in [1.807, 2.05) is 0 Å². The molecule has 1 aliphatic rings. The lowest BCUT2D eigenvalue weighted by Gasteiger charge is -2.37. The van der Waals surface area contributed by atoms with Crippen molar-refractivity contribution in [1.29, 1.82) is 0 Å². The summed E-state index contributed by atoms with van der Waals surface area (Å²) in [6.07, 6.45) is -0.368. The van der Waals surface area contributed by atoms with Gasteiger partial charge in [0.15, 0.2) is 10.1 Å². The van der Waals surface area contributed by atoms with Crippen molar-refractivity contribution in [3.05, 3.63) is 0 Å². The highest BCUT2D eigenvalue weighted by Crippen LogP contribution is 2.51. The number of ether oxygens (including phenoxy) is 2. The Morgan fingerprint density at radius 3 is 1.83 bits per heavy atom. The fourth-order valence-corrected chi connectivity index (χ4v) is 4.81. The molecule has 0 aromatic heterocycles. The van der Waals surface area contributed by atoms with Gasteiger partial charge in [-0.3, -0.25) is 9.59 Å². The van der Waals surface area contributed by atoms with Crippen LogP contribution in [0.2, 0.25) is 0 Å². The van der Waals surface area contributed by atoms with E-state index in [-0.39, 0.29) is 23.9 Å². The predicted octanol–water partition coefficient (Wildman–Crippen LogP) is 2.31. The Bertz CT molecular complexity index is 1020. The molecule has 0 saturated carbocycles. The van der Waals surface area contributed by atoms with Crippen molar-refractivity contribution in [2.45, 2.75) is 62.9 Å². The fraction of sp³-hybridized carbons (Fsp3) is 0.889. The summed E-state index contributed by atoms with van der Waals surface area (Å²) in [7, 11) is -14.0. The van der Waals surface area contributed by atoms with E-state index in [1.165, 1.54) is 0 Å². The summed E-state index contributed by atoms with van der Waals surface area (Å²) in [5.41, 5.74) is -0.703. The Hall–Kier alpha value is -1.66. The summed E-state index contributed by atoms with van der Waals surface area (Å²) in [5.74, 6) is -9.48. The number of hydrogen-bond acceptors (Lipinski definition) is 9. The molecule has 1 rings (SSSR count). The van der Waals surface area contributed by atoms with E-state index in [9.17, 15) is 57.3 Å². The van der Waals surface area contributed by atoms with Gasteiger partial charge in [0.05, 0.1) is 24.5 Å². The van der Waals surface area contributed by atoms with Crippen LogP contribution in [-0.4, -0.2) is 80.4 Å². The van der Waals surface area contributed by atoms with Gasteiger partial charge in [-0.15, -0.1) is 0 Å². The molecule has 1 saturated heterocycles. The highest BCUT2D eigenvalue weighted by Gasteiger charge is 2.80. The summed E-state index contributed by atoms with van der Waals surface area (Å²) in [5, 5.41) is -13.6. The molecule has 0 unspecified atom stereocenters. The number of nitrogens with zero attached hydrogens (tertiary/aromatic N) is 1. The molecular formula is C18H26F6NO9S2-. The molecule has 18 heteroatoms. The average molecular weight is 579 g/mol. The minimum atomic E-state index is -7.37. The van der Waals surface area contributed by atoms with Crippen LogP contribution in [0, 0.1) is 11.3 Å². The first-order chi connectivity index (χ1) is 16.1. The third kappa shape index (κ3) is 6.24. The molecular weight excluding hydrogens is 552 g/mol. The summed E-state index contributed by atoms with van der Waals surface area (Å²) in [6, 6.07) is 0. The number of carbonyl (C=O) groups is 2. The van der Waals surface area contributed by atoms with Crippen molar-refractivity contribution in [2.75, 3.05) is 26.3 Å². The molecule has 1 fully saturated rings. The zero-order chi connectivity index (χ0) is 28.4. The summed E-state index contributed by atoms with van der Waals surface area (Å²) in [4.78, 5) is 23.9. The minimum Gasteiger partial charge on any atom is -0.743 e. The monoisotopic (exact) mass is 578 g/mol. The zero-order valence-electron chi connectivity index (χ0n) is 19.4. The number of piperidine rings is 1. The number of hydrogen-bond donors (Lipinski definition) is 0. The molecule has 0 N–H and O–H groups in total. The smallest absolute Gasteiger partial charge is 0.428 e. The molecule has 0 aromatic rings. The van der Waals surface area contributed by atoms with Crippen molar-refractivity contribution < 1.29 is 66.8 Å². The number of alkyl halides is 6. The summed E-state index contributed by atoms with van der Waals surface area (Å²) < 4.78 is 147. The molecule has 1 aliphatic heterocycles. The van der Waals surface area contributed by atoms with Crippen molar-refractivity contribution >= 4 is 32.1 Å². The molecule has 1 heterocycles. The largest absolute Gasteiger partial charge is 0.743 e. The molecule has 0 bridgehead atoms. The van der Waals surface area contributed by atoms with Crippen molar-refractivity contribution in [3.63, 3.8) is 0 Å². The van der Waals surface area contributed by atoms with Crippen LogP contribution in [0.25, 0.3) is 0 Å². The van der Waals surface area contributed by atoms with Gasteiger partial charge in [-0.25, -0.2) is 16.8 Å². The van der Waals surface area contributed by atoms with Crippen LogP contribution in [0.15, 0.2) is 0 Å². The van der Waals surface area contributed by atoms with Gasteiger partial charge in [0, 0.05) is 19.5 Å². The van der Waals surface area contributed by atoms with E-state index in [0.717, 1.165) is 0 Å². The normalized spacial score (nSPS) is 17.6. The van der Waals surface area contributed by atoms with Gasteiger partial charge in [0.2, 0.25) is 0 Å². The SMILES string of the molecule is CCC(C)(C)C(=O)OCCCOC(=O)C1CCN(S(=O)(=O)C(F)(F)C(F)(F)C(F)(F)S(=O)(=O)[O-])CC1. The fourth-order valence-electron chi connectivity index (χ4n) is 2.84. The Balaban J connectivity index is 2.71. The van der Waals surface area contributed by atoms with Crippen LogP contribution in [-0.2, 0) is 39.2 Å². The maximum Gasteiger partial charge on any atom is 0.428 e. The Morgan fingerprint density at radius 2 is 1.39 bits per heavy atom. The van der Waals surface area contributed by atoms with E-state index in [0.29, 0.717) is 6.42 Å². The molecule has 0 spiro atoms. The van der Waals surface area contributed by atoms with Gasteiger partial charge in [0.25, 0.3) is 10.0 Å². The summed E-state index contributed by atoms with van der Waals surface area (Å²) >= 11 is 0. The standard InChI is InChI=1S/C18H27F6NO9S2/c1-4-15(2,3)14(27)34-11-5-10-33-13(26)12-6-8-25(9-7-12)35(28,29)17(21,22)16(19,20)18(23,24)36(30,31)32/h12H,4-11H2,1-3H3,(H,30,31,32)/p-1. The average Bonchev–Trinajstić information content (AvgIpc) is 2.77. The van der Waals surface area contributed by atoms with Gasteiger partial charge in [-0.1, -0.05) is 6.92 Å². The first-order valence-corrected chi connectivity index (χ1v) is 13.3. The topological polar surface area (TPSA) is 147 Å². The lowest BCUT2D eigenvalue weighted by Crippen LogP contribution is -2.63. The molecule has 36 heavy (non-hydrogen) atoms. The molecule has 0 aromatic carbocycles. The van der Waals surface area contributed by atoms with E-state index < -0.39 is 85.8 Å². The predicted molar refractivity (Wildman–Crippen MR) is 108 cm³/mol. The third-order valence-electron chi connectivity index (χ3n) is 5.70. The van der Waals surface area contributed by atoms with Gasteiger partial charge in [-0.2, -0.15) is 30.6 Å². The van der Waals surface area contributed by atoms with E-state index in [4.69, 9.17) is 9.47 Å². The van der Waals surface area contributed by atoms with Crippen LogP contribution < -0.4 is 0 Å². The lowest BCUT2D eigenvalue weighted by molar-refractivity contribution is -0.247. The lowest BCUT2D eigenvalue weighted by atomic mass is 9.91. The number of carbonyl (C=O) groups excluding carboxylic acids is 2. The van der Waals surface area contributed by atoms with E-state index in [1.54, 1.807) is 20.8 Å². The Kier molecular flexibility index (Phi) is 9.88. The second kappa shape index (κ2) is 11.0. The Morgan fingerprint density at radius 1 is 0.917 bits per heavy atom. The quantitative estimate of drug-likeness (QED) is 0.147. The first kappa shape index (κ1) is 32.4. The summed E-state index contributed by atoms with van der Waals surface area (Å²) in [6.45, 7) is 2.91. The first-order valence-electron chi connectivity index (χ1n) is 10.5. The second-order valence-electron chi connectivity index (χ2n) is 8.63. The zero-order valence-corrected chi connectivity index (χ0v) is 21.1. The molecule has 0 atom stereocenters. The molecule has 0 aliphatic carbocycles. The van der Waals surface area contributed by atoms with Gasteiger partial charge >= 0.3 is 28.4 Å². The van der Waals surface area contributed by atoms with E-state index in [2.05, 4.69) is 0 Å². The maximum atomic E-state index is 14.0. The highest BCUT2D eigenvalue weighted by atomic mass is 32.2. The van der Waals surface area contributed by atoms with Crippen molar-refractivity contribution in [3.8, 4) is 0 Å². The van der Waals surface area contributed by atoms with Gasteiger partial charge in [0.1, 0.15) is 0 Å². The third-order valence-corrected chi connectivity index (χ3v) is 8.53. The Labute approximate surface area is 204 Å². The number of esters is 2. The van der Waals surface area contributed by atoms with Crippen LogP contribution >= 0.6 is 0 Å². The van der Waals surface area contributed by atoms with Gasteiger partial charge < -0.3 is 14.0 Å². The van der Waals surface area contributed by atoms with Crippen LogP contribution in [0.1, 0.15) is 46.5 Å². The number of halogens is 6. The number of rotatable bonds is 12. The van der Waals surface area contributed by atoms with Gasteiger partial charge in [-0.05, 0) is 33.1 Å².